The lowest BCUT2D eigenvalue weighted by atomic mass is 10.1. The normalized spacial score (nSPS) is 24.4. The van der Waals surface area contributed by atoms with Crippen LogP contribution >= 0.6 is 0 Å². The maximum absolute atomic E-state index is 12.5. The third kappa shape index (κ3) is 2.82. The fourth-order valence-electron chi connectivity index (χ4n) is 3.19. The zero-order chi connectivity index (χ0) is 15.0. The predicted octanol–water partition coefficient (Wildman–Crippen LogP) is 3.57. The zero-order valence-electron chi connectivity index (χ0n) is 11.4. The van der Waals surface area contributed by atoms with Crippen LogP contribution in [0.15, 0.2) is 36.4 Å². The number of alkyl halides is 3. The first-order chi connectivity index (χ1) is 9.95. The van der Waals surface area contributed by atoms with E-state index in [1.807, 2.05) is 4.90 Å². The SMILES string of the molecule is O=C(Cc1ccc(C(F)(F)F)cc1)N1C2C=CCC1CC2. The molecular formula is C16H16F3NO. The Hall–Kier alpha value is -1.78. The Morgan fingerprint density at radius 1 is 1.19 bits per heavy atom. The van der Waals surface area contributed by atoms with Crippen molar-refractivity contribution in [1.82, 2.24) is 4.90 Å². The van der Waals surface area contributed by atoms with Gasteiger partial charge in [0, 0.05) is 6.04 Å². The van der Waals surface area contributed by atoms with Gasteiger partial charge in [-0.25, -0.2) is 0 Å². The summed E-state index contributed by atoms with van der Waals surface area (Å²) in [5.74, 6) is 0.00612. The van der Waals surface area contributed by atoms with Crippen LogP contribution in [0.3, 0.4) is 0 Å². The molecule has 2 heterocycles. The monoisotopic (exact) mass is 295 g/mol. The molecular weight excluding hydrogens is 279 g/mol. The number of nitrogens with zero attached hydrogens (tertiary/aromatic N) is 1. The molecule has 0 N–H and O–H groups in total. The molecule has 2 atom stereocenters. The summed E-state index contributed by atoms with van der Waals surface area (Å²) in [5.41, 5.74) is -0.0540. The van der Waals surface area contributed by atoms with E-state index in [2.05, 4.69) is 12.2 Å². The molecule has 21 heavy (non-hydrogen) atoms. The standard InChI is InChI=1S/C16H16F3NO/c17-16(18,19)12-6-4-11(5-7-12)10-15(21)20-13-2-1-3-14(20)9-8-13/h1-2,4-7,13-14H,3,8-10H2. The molecule has 0 aromatic heterocycles. The van der Waals surface area contributed by atoms with Crippen molar-refractivity contribution in [3.63, 3.8) is 0 Å². The maximum atomic E-state index is 12.5. The zero-order valence-corrected chi connectivity index (χ0v) is 11.4. The number of fused-ring (bicyclic) bond motifs is 2. The van der Waals surface area contributed by atoms with Crippen LogP contribution in [0.25, 0.3) is 0 Å². The van der Waals surface area contributed by atoms with E-state index in [-0.39, 0.29) is 24.4 Å². The van der Waals surface area contributed by atoms with Crippen LogP contribution in [0.4, 0.5) is 13.2 Å². The van der Waals surface area contributed by atoms with Crippen LogP contribution < -0.4 is 0 Å². The van der Waals surface area contributed by atoms with Crippen LogP contribution in [0.2, 0.25) is 0 Å². The summed E-state index contributed by atoms with van der Waals surface area (Å²) in [7, 11) is 0. The van der Waals surface area contributed by atoms with Crippen LogP contribution in [0.1, 0.15) is 30.4 Å². The lowest BCUT2D eigenvalue weighted by Gasteiger charge is -2.31. The molecule has 1 fully saturated rings. The Kier molecular flexibility index (Phi) is 3.51. The Bertz CT molecular complexity index is 562. The van der Waals surface area contributed by atoms with Gasteiger partial charge in [0.05, 0.1) is 18.0 Å². The van der Waals surface area contributed by atoms with Crippen LogP contribution in [0, 0.1) is 0 Å². The third-order valence-corrected chi connectivity index (χ3v) is 4.24. The minimum absolute atomic E-state index is 0.00612. The fraction of sp³-hybridized carbons (Fsp3) is 0.438. The lowest BCUT2D eigenvalue weighted by molar-refractivity contribution is -0.137. The number of carbonyl (C=O) groups excluding carboxylic acids is 1. The predicted molar refractivity (Wildman–Crippen MR) is 72.6 cm³/mol. The molecule has 1 saturated heterocycles. The summed E-state index contributed by atoms with van der Waals surface area (Å²) < 4.78 is 37.5. The van der Waals surface area contributed by atoms with Crippen LogP contribution in [0.5, 0.6) is 0 Å². The molecule has 2 bridgehead atoms. The van der Waals surface area contributed by atoms with E-state index in [1.165, 1.54) is 12.1 Å². The Balaban J connectivity index is 1.69. The molecule has 0 radical (unpaired) electrons. The highest BCUT2D eigenvalue weighted by molar-refractivity contribution is 5.80. The molecule has 3 rings (SSSR count). The number of amides is 1. The third-order valence-electron chi connectivity index (χ3n) is 4.24. The van der Waals surface area contributed by atoms with E-state index in [1.54, 1.807) is 0 Å². The van der Waals surface area contributed by atoms with Gasteiger partial charge in [-0.2, -0.15) is 13.2 Å². The first-order valence-electron chi connectivity index (χ1n) is 7.09. The number of benzene rings is 1. The van der Waals surface area contributed by atoms with Crippen LogP contribution in [-0.4, -0.2) is 22.9 Å². The number of hydrogen-bond donors (Lipinski definition) is 0. The van der Waals surface area contributed by atoms with E-state index in [4.69, 9.17) is 0 Å². The molecule has 1 aromatic rings. The van der Waals surface area contributed by atoms with Gasteiger partial charge in [0.25, 0.3) is 0 Å². The summed E-state index contributed by atoms with van der Waals surface area (Å²) in [5, 5.41) is 0. The summed E-state index contributed by atoms with van der Waals surface area (Å²) in [6.07, 6.45) is 2.89. The number of rotatable bonds is 2. The highest BCUT2D eigenvalue weighted by Crippen LogP contribution is 2.32. The van der Waals surface area contributed by atoms with Gasteiger partial charge in [0.1, 0.15) is 0 Å². The Labute approximate surface area is 121 Å². The summed E-state index contributed by atoms with van der Waals surface area (Å²) >= 11 is 0. The van der Waals surface area contributed by atoms with Gasteiger partial charge in [-0.3, -0.25) is 4.79 Å². The largest absolute Gasteiger partial charge is 0.416 e. The minimum atomic E-state index is -4.33. The Morgan fingerprint density at radius 3 is 2.52 bits per heavy atom. The van der Waals surface area contributed by atoms with Gasteiger partial charge in [0.2, 0.25) is 5.91 Å². The van der Waals surface area contributed by atoms with Gasteiger partial charge in [-0.05, 0) is 37.0 Å². The molecule has 2 nitrogen and oxygen atoms in total. The average Bonchev–Trinajstić information content (AvgIpc) is 2.68. The molecule has 112 valence electrons. The summed E-state index contributed by atoms with van der Waals surface area (Å²) in [6, 6.07) is 5.29. The number of halogens is 3. The molecule has 1 aromatic carbocycles. The molecule has 2 aliphatic heterocycles. The summed E-state index contributed by atoms with van der Waals surface area (Å²) in [4.78, 5) is 14.3. The maximum Gasteiger partial charge on any atom is 0.416 e. The van der Waals surface area contributed by atoms with E-state index < -0.39 is 11.7 Å². The van der Waals surface area contributed by atoms with Crippen molar-refractivity contribution in [3.8, 4) is 0 Å². The molecule has 5 heteroatoms. The topological polar surface area (TPSA) is 20.3 Å². The van der Waals surface area contributed by atoms with E-state index in [0.717, 1.165) is 31.4 Å². The van der Waals surface area contributed by atoms with Crippen molar-refractivity contribution in [2.24, 2.45) is 0 Å². The van der Waals surface area contributed by atoms with Gasteiger partial charge in [-0.1, -0.05) is 24.3 Å². The van der Waals surface area contributed by atoms with Crippen molar-refractivity contribution in [3.05, 3.63) is 47.5 Å². The molecule has 2 aliphatic rings. The minimum Gasteiger partial charge on any atom is -0.333 e. The fourth-order valence-corrected chi connectivity index (χ4v) is 3.19. The first-order valence-corrected chi connectivity index (χ1v) is 7.09. The van der Waals surface area contributed by atoms with Gasteiger partial charge in [-0.15, -0.1) is 0 Å². The van der Waals surface area contributed by atoms with Gasteiger partial charge < -0.3 is 4.90 Å². The average molecular weight is 295 g/mol. The number of hydrogen-bond acceptors (Lipinski definition) is 1. The first kappa shape index (κ1) is 14.2. The van der Waals surface area contributed by atoms with Crippen molar-refractivity contribution < 1.29 is 18.0 Å². The van der Waals surface area contributed by atoms with Gasteiger partial charge in [0.15, 0.2) is 0 Å². The molecule has 0 spiro atoms. The second-order valence-corrected chi connectivity index (χ2v) is 5.63. The molecule has 2 unspecified atom stereocenters. The van der Waals surface area contributed by atoms with Gasteiger partial charge >= 0.3 is 6.18 Å². The second kappa shape index (κ2) is 5.20. The number of carbonyl (C=O) groups is 1. The summed E-state index contributed by atoms with van der Waals surface area (Å²) in [6.45, 7) is 0. The van der Waals surface area contributed by atoms with Crippen molar-refractivity contribution in [2.45, 2.75) is 43.9 Å². The van der Waals surface area contributed by atoms with Crippen molar-refractivity contribution in [1.29, 1.82) is 0 Å². The van der Waals surface area contributed by atoms with E-state index in [9.17, 15) is 18.0 Å². The highest BCUT2D eigenvalue weighted by atomic mass is 19.4. The smallest absolute Gasteiger partial charge is 0.333 e. The van der Waals surface area contributed by atoms with E-state index in [0.29, 0.717) is 5.56 Å². The highest BCUT2D eigenvalue weighted by Gasteiger charge is 2.36. The van der Waals surface area contributed by atoms with Crippen LogP contribution in [-0.2, 0) is 17.4 Å². The second-order valence-electron chi connectivity index (χ2n) is 5.63. The lowest BCUT2D eigenvalue weighted by Crippen LogP contribution is -2.42. The molecule has 0 saturated carbocycles. The Morgan fingerprint density at radius 2 is 1.90 bits per heavy atom. The van der Waals surface area contributed by atoms with Crippen molar-refractivity contribution >= 4 is 5.91 Å². The quantitative estimate of drug-likeness (QED) is 0.764. The molecule has 0 aliphatic carbocycles. The van der Waals surface area contributed by atoms with E-state index >= 15 is 0 Å². The molecule has 1 amide bonds. The van der Waals surface area contributed by atoms with Crippen molar-refractivity contribution in [2.75, 3.05) is 0 Å².